The molecule has 2 atom stereocenters. The number of aryl methyl sites for hydroxylation is 1. The van der Waals surface area contributed by atoms with Crippen LogP contribution in [-0.2, 0) is 11.2 Å². The van der Waals surface area contributed by atoms with E-state index in [4.69, 9.17) is 4.74 Å². The van der Waals surface area contributed by atoms with E-state index >= 15 is 0 Å². The lowest BCUT2D eigenvalue weighted by Gasteiger charge is -2.38. The molecular formula is C29H33N3O3. The zero-order valence-corrected chi connectivity index (χ0v) is 20.3. The Morgan fingerprint density at radius 1 is 1.14 bits per heavy atom. The summed E-state index contributed by atoms with van der Waals surface area (Å²) in [4.78, 5) is 22.4. The lowest BCUT2D eigenvalue weighted by Crippen LogP contribution is -2.41. The summed E-state index contributed by atoms with van der Waals surface area (Å²) in [7, 11) is 1.69. The van der Waals surface area contributed by atoms with E-state index in [-0.39, 0.29) is 6.42 Å². The molecule has 1 aliphatic heterocycles. The second-order valence-corrected chi connectivity index (χ2v) is 9.24. The predicted molar refractivity (Wildman–Crippen MR) is 137 cm³/mol. The Bertz CT molecular complexity index is 1190. The van der Waals surface area contributed by atoms with Gasteiger partial charge in [0.1, 0.15) is 11.4 Å². The normalized spacial score (nSPS) is 18.1. The zero-order valence-electron chi connectivity index (χ0n) is 20.3. The van der Waals surface area contributed by atoms with Gasteiger partial charge in [0.05, 0.1) is 19.2 Å². The third kappa shape index (κ3) is 7.03. The van der Waals surface area contributed by atoms with Gasteiger partial charge in [-0.1, -0.05) is 12.0 Å². The smallest absolute Gasteiger partial charge is 0.303 e. The second-order valence-electron chi connectivity index (χ2n) is 9.24. The number of pyridine rings is 2. The quantitative estimate of drug-likeness (QED) is 0.451. The van der Waals surface area contributed by atoms with Crippen molar-refractivity contribution in [2.24, 2.45) is 11.8 Å². The van der Waals surface area contributed by atoms with Crippen LogP contribution in [0.3, 0.4) is 0 Å². The molecule has 1 aromatic carbocycles. The molecule has 182 valence electrons. The predicted octanol–water partition coefficient (Wildman–Crippen LogP) is 4.82. The SMILES string of the molecule is COc1ccc2nccc(CCC[C@@H]3CCN(CC#Cc4ccccn4)C[C@@H]3CCC(=O)O)c2c1. The van der Waals surface area contributed by atoms with Gasteiger partial charge in [-0.3, -0.25) is 14.7 Å². The fraction of sp³-hybridized carbons (Fsp3) is 0.414. The van der Waals surface area contributed by atoms with Gasteiger partial charge >= 0.3 is 5.97 Å². The van der Waals surface area contributed by atoms with E-state index in [0.717, 1.165) is 67.5 Å². The molecule has 6 heteroatoms. The first-order valence-corrected chi connectivity index (χ1v) is 12.4. The van der Waals surface area contributed by atoms with Crippen LogP contribution in [0.25, 0.3) is 10.9 Å². The van der Waals surface area contributed by atoms with Gasteiger partial charge in [0.15, 0.2) is 0 Å². The minimum Gasteiger partial charge on any atom is -0.497 e. The molecule has 35 heavy (non-hydrogen) atoms. The highest BCUT2D eigenvalue weighted by Crippen LogP contribution is 2.32. The maximum Gasteiger partial charge on any atom is 0.303 e. The molecule has 1 aliphatic rings. The first-order chi connectivity index (χ1) is 17.1. The van der Waals surface area contributed by atoms with Crippen molar-refractivity contribution >= 4 is 16.9 Å². The minimum atomic E-state index is -0.715. The van der Waals surface area contributed by atoms with Crippen LogP contribution in [0.15, 0.2) is 54.9 Å². The van der Waals surface area contributed by atoms with Crippen LogP contribution in [0, 0.1) is 23.7 Å². The monoisotopic (exact) mass is 471 g/mol. The van der Waals surface area contributed by atoms with Crippen molar-refractivity contribution in [2.45, 2.75) is 38.5 Å². The molecule has 6 nitrogen and oxygen atoms in total. The van der Waals surface area contributed by atoms with Gasteiger partial charge in [-0.15, -0.1) is 0 Å². The molecule has 1 saturated heterocycles. The summed E-state index contributed by atoms with van der Waals surface area (Å²) in [5, 5.41) is 10.4. The van der Waals surface area contributed by atoms with E-state index in [9.17, 15) is 9.90 Å². The number of likely N-dealkylation sites (tertiary alicyclic amines) is 1. The number of nitrogens with zero attached hydrogens (tertiary/aromatic N) is 3. The molecule has 3 heterocycles. The Labute approximate surface area is 207 Å². The molecule has 2 aromatic heterocycles. The summed E-state index contributed by atoms with van der Waals surface area (Å²) in [6, 6.07) is 13.9. The first-order valence-electron chi connectivity index (χ1n) is 12.4. The van der Waals surface area contributed by atoms with E-state index in [1.165, 1.54) is 5.56 Å². The fourth-order valence-corrected chi connectivity index (χ4v) is 5.08. The van der Waals surface area contributed by atoms with Gasteiger partial charge in [-0.2, -0.15) is 0 Å². The standard InChI is InChI=1S/C29H33N3O3/c1-35-26-11-12-28-27(20-26)23(14-17-31-28)7-4-6-22-15-19-32(21-24(22)10-13-29(33)34)18-5-9-25-8-2-3-16-30-25/h2-3,8,11-12,14,16-17,20,22,24H,4,6-7,10,13,15,18-19,21H2,1H3,(H,33,34)/t22-,24+/m1/s1. The summed E-state index contributed by atoms with van der Waals surface area (Å²) in [6.45, 7) is 2.60. The van der Waals surface area contributed by atoms with Crippen molar-refractivity contribution in [3.8, 4) is 17.6 Å². The third-order valence-corrected chi connectivity index (χ3v) is 6.95. The third-order valence-electron chi connectivity index (χ3n) is 6.95. The number of carbonyl (C=O) groups is 1. The number of methoxy groups -OCH3 is 1. The van der Waals surface area contributed by atoms with Crippen LogP contribution < -0.4 is 4.74 Å². The van der Waals surface area contributed by atoms with E-state index in [0.29, 0.717) is 18.4 Å². The summed E-state index contributed by atoms with van der Waals surface area (Å²) in [5.41, 5.74) is 3.06. The Kier molecular flexibility index (Phi) is 8.69. The van der Waals surface area contributed by atoms with Crippen molar-refractivity contribution < 1.29 is 14.6 Å². The highest BCUT2D eigenvalue weighted by Gasteiger charge is 2.28. The van der Waals surface area contributed by atoms with Crippen LogP contribution in [0.1, 0.15) is 43.4 Å². The van der Waals surface area contributed by atoms with Gasteiger partial charge in [0.2, 0.25) is 0 Å². The molecule has 0 aliphatic carbocycles. The number of aromatic nitrogens is 2. The van der Waals surface area contributed by atoms with E-state index < -0.39 is 5.97 Å². The summed E-state index contributed by atoms with van der Waals surface area (Å²) >= 11 is 0. The maximum atomic E-state index is 11.3. The Morgan fingerprint density at radius 3 is 2.86 bits per heavy atom. The number of carboxylic acid groups (broad SMARTS) is 1. The molecule has 4 rings (SSSR count). The minimum absolute atomic E-state index is 0.226. The Balaban J connectivity index is 1.35. The number of hydrogen-bond acceptors (Lipinski definition) is 5. The van der Waals surface area contributed by atoms with E-state index in [1.54, 1.807) is 13.3 Å². The van der Waals surface area contributed by atoms with Crippen molar-refractivity contribution in [2.75, 3.05) is 26.7 Å². The summed E-state index contributed by atoms with van der Waals surface area (Å²) in [6.07, 6.45) is 8.82. The number of fused-ring (bicyclic) bond motifs is 1. The summed E-state index contributed by atoms with van der Waals surface area (Å²) in [5.74, 6) is 7.43. The number of ether oxygens (including phenoxy) is 1. The van der Waals surface area contributed by atoms with Crippen LogP contribution in [0.5, 0.6) is 5.75 Å². The number of carboxylic acids is 1. The molecule has 0 amide bonds. The molecule has 0 bridgehead atoms. The van der Waals surface area contributed by atoms with Crippen LogP contribution in [0.4, 0.5) is 0 Å². The van der Waals surface area contributed by atoms with Crippen molar-refractivity contribution in [3.05, 3.63) is 66.1 Å². The maximum absolute atomic E-state index is 11.3. The molecule has 3 aromatic rings. The molecule has 1 fully saturated rings. The van der Waals surface area contributed by atoms with Crippen LogP contribution in [-0.4, -0.2) is 52.7 Å². The Hall–Kier alpha value is -3.43. The fourth-order valence-electron chi connectivity index (χ4n) is 5.08. The number of aliphatic carboxylic acids is 1. The molecule has 0 radical (unpaired) electrons. The van der Waals surface area contributed by atoms with Gasteiger partial charge in [-0.05, 0) is 98.4 Å². The molecule has 0 spiro atoms. The topological polar surface area (TPSA) is 75.5 Å². The lowest BCUT2D eigenvalue weighted by atomic mass is 9.79. The van der Waals surface area contributed by atoms with Crippen molar-refractivity contribution in [1.29, 1.82) is 0 Å². The highest BCUT2D eigenvalue weighted by atomic mass is 16.5. The van der Waals surface area contributed by atoms with Crippen molar-refractivity contribution in [1.82, 2.24) is 14.9 Å². The lowest BCUT2D eigenvalue weighted by molar-refractivity contribution is -0.137. The highest BCUT2D eigenvalue weighted by molar-refractivity contribution is 5.83. The average molecular weight is 472 g/mol. The van der Waals surface area contributed by atoms with Crippen molar-refractivity contribution in [3.63, 3.8) is 0 Å². The molecular weight excluding hydrogens is 438 g/mol. The number of benzene rings is 1. The van der Waals surface area contributed by atoms with Crippen LogP contribution in [0.2, 0.25) is 0 Å². The van der Waals surface area contributed by atoms with Gasteiger partial charge < -0.3 is 9.84 Å². The zero-order chi connectivity index (χ0) is 24.5. The molecule has 0 saturated carbocycles. The molecule has 0 unspecified atom stereocenters. The summed E-state index contributed by atoms with van der Waals surface area (Å²) < 4.78 is 5.41. The second kappa shape index (κ2) is 12.3. The Morgan fingerprint density at radius 2 is 2.06 bits per heavy atom. The number of piperidine rings is 1. The number of rotatable bonds is 9. The number of hydrogen-bond donors (Lipinski definition) is 1. The molecule has 1 N–H and O–H groups in total. The van der Waals surface area contributed by atoms with Crippen LogP contribution >= 0.6 is 0 Å². The first kappa shape index (κ1) is 24.7. The van der Waals surface area contributed by atoms with E-state index in [2.05, 4.69) is 38.8 Å². The van der Waals surface area contributed by atoms with Gasteiger partial charge in [-0.25, -0.2) is 4.98 Å². The van der Waals surface area contributed by atoms with Gasteiger partial charge in [0.25, 0.3) is 0 Å². The van der Waals surface area contributed by atoms with E-state index in [1.807, 2.05) is 36.5 Å². The average Bonchev–Trinajstić information content (AvgIpc) is 2.88. The van der Waals surface area contributed by atoms with Gasteiger partial charge in [0, 0.05) is 30.7 Å². The largest absolute Gasteiger partial charge is 0.497 e.